The average Bonchev–Trinajstić information content (AvgIpc) is 3.50. The number of hydrogen-bond donors (Lipinski definition) is 1. The molecule has 0 radical (unpaired) electrons. The molecule has 7 rings (SSSR count). The molecular formula is C29H28Cl2FN5O3. The summed E-state index contributed by atoms with van der Waals surface area (Å²) >= 11 is 12.0. The van der Waals surface area contributed by atoms with Crippen molar-refractivity contribution in [3.8, 4) is 11.5 Å². The van der Waals surface area contributed by atoms with Gasteiger partial charge in [0, 0.05) is 41.4 Å². The Balaban J connectivity index is 1.21. The van der Waals surface area contributed by atoms with Crippen molar-refractivity contribution in [2.75, 3.05) is 38.6 Å². The first kappa shape index (κ1) is 25.8. The quantitative estimate of drug-likeness (QED) is 0.278. The predicted octanol–water partition coefficient (Wildman–Crippen LogP) is 5.46. The number of amides is 1. The number of anilines is 2. The Bertz CT molecular complexity index is 1550. The molecule has 4 fully saturated rings. The number of aromatic nitrogens is 2. The first-order valence-corrected chi connectivity index (χ1v) is 14.1. The fourth-order valence-corrected chi connectivity index (χ4v) is 7.04. The van der Waals surface area contributed by atoms with E-state index >= 15 is 0 Å². The van der Waals surface area contributed by atoms with Crippen molar-refractivity contribution in [2.45, 2.75) is 31.4 Å². The Hall–Kier alpha value is -3.14. The topological polar surface area (TPSA) is 79.8 Å². The number of nitrogens with one attached hydrogen (secondary N) is 1. The minimum atomic E-state index is -0.666. The first-order chi connectivity index (χ1) is 19.3. The van der Waals surface area contributed by atoms with Crippen molar-refractivity contribution in [2.24, 2.45) is 10.8 Å². The van der Waals surface area contributed by atoms with Crippen LogP contribution < -0.4 is 14.8 Å². The molecule has 2 aliphatic heterocycles. The van der Waals surface area contributed by atoms with Crippen molar-refractivity contribution < 1.29 is 18.7 Å². The summed E-state index contributed by atoms with van der Waals surface area (Å²) in [5, 5.41) is 3.64. The van der Waals surface area contributed by atoms with Crippen LogP contribution in [0.1, 0.15) is 19.3 Å². The highest BCUT2D eigenvalue weighted by atomic mass is 35.5. The van der Waals surface area contributed by atoms with E-state index in [-0.39, 0.29) is 38.6 Å². The second-order valence-corrected chi connectivity index (χ2v) is 12.1. The molecule has 208 valence electrons. The summed E-state index contributed by atoms with van der Waals surface area (Å²) in [5.41, 5.74) is 0.742. The van der Waals surface area contributed by atoms with Crippen LogP contribution in [-0.4, -0.2) is 71.1 Å². The molecule has 3 heterocycles. The lowest BCUT2D eigenvalue weighted by Crippen LogP contribution is -2.40. The van der Waals surface area contributed by atoms with Gasteiger partial charge < -0.3 is 24.6 Å². The maximum Gasteiger partial charge on any atom is 0.245 e. The zero-order valence-electron chi connectivity index (χ0n) is 21.9. The van der Waals surface area contributed by atoms with Crippen LogP contribution in [0, 0.1) is 16.6 Å². The Morgan fingerprint density at radius 3 is 2.77 bits per heavy atom. The van der Waals surface area contributed by atoms with E-state index in [9.17, 15) is 9.18 Å². The molecule has 2 aliphatic carbocycles. The number of benzene rings is 2. The minimum Gasteiger partial charge on any atom is -0.488 e. The van der Waals surface area contributed by atoms with Gasteiger partial charge in [-0.25, -0.2) is 14.4 Å². The standard InChI is InChI=1S/C29H28Cl2FN5O3/c1-3-23(38)37-13-28-12-29(28,14-37)27(28)40-22-9-17-20(10-21(22)39-11-16-5-4-8-36(16)2)33-15-34-26(17)35-19-7-6-18(30)24(31)25(19)32/h3,6-7,9-10,15-16,27H,1,4-5,8,11-14H2,2H3,(H,33,34,35)/t16?,27?,28-,29+. The van der Waals surface area contributed by atoms with Gasteiger partial charge in [-0.15, -0.1) is 0 Å². The summed E-state index contributed by atoms with van der Waals surface area (Å²) in [4.78, 5) is 25.2. The third-order valence-electron chi connectivity index (χ3n) is 9.19. The van der Waals surface area contributed by atoms with E-state index in [1.54, 1.807) is 0 Å². The maximum atomic E-state index is 14.8. The highest BCUT2D eigenvalue weighted by Gasteiger charge is 2.96. The molecule has 2 aromatic carbocycles. The number of carbonyl (C=O) groups excluding carboxylic acids is 1. The van der Waals surface area contributed by atoms with E-state index in [0.717, 1.165) is 25.8 Å². The number of nitrogens with zero attached hydrogens (tertiary/aromatic N) is 4. The minimum absolute atomic E-state index is 0.00336. The van der Waals surface area contributed by atoms with E-state index in [0.29, 0.717) is 54.0 Å². The number of rotatable bonds is 8. The summed E-state index contributed by atoms with van der Waals surface area (Å²) in [6, 6.07) is 7.07. The van der Waals surface area contributed by atoms with Crippen molar-refractivity contribution in [1.82, 2.24) is 19.8 Å². The normalized spacial score (nSPS) is 28.2. The van der Waals surface area contributed by atoms with E-state index in [1.165, 1.54) is 24.5 Å². The highest BCUT2D eigenvalue weighted by Crippen LogP contribution is 2.89. The Labute approximate surface area is 241 Å². The van der Waals surface area contributed by atoms with Gasteiger partial charge in [-0.2, -0.15) is 0 Å². The Morgan fingerprint density at radius 2 is 2.05 bits per heavy atom. The molecule has 4 atom stereocenters. The van der Waals surface area contributed by atoms with Crippen LogP contribution >= 0.6 is 23.2 Å². The van der Waals surface area contributed by atoms with Crippen molar-refractivity contribution >= 4 is 51.5 Å². The third-order valence-corrected chi connectivity index (χ3v) is 9.97. The summed E-state index contributed by atoms with van der Waals surface area (Å²) in [6.45, 7) is 6.55. The molecule has 11 heteroatoms. The summed E-state index contributed by atoms with van der Waals surface area (Å²) < 4.78 is 27.8. The molecular weight excluding hydrogens is 556 g/mol. The molecule has 0 bridgehead atoms. The largest absolute Gasteiger partial charge is 0.488 e. The van der Waals surface area contributed by atoms with Crippen LogP contribution in [0.5, 0.6) is 11.5 Å². The molecule has 2 unspecified atom stereocenters. The van der Waals surface area contributed by atoms with Crippen molar-refractivity contribution in [3.05, 3.63) is 59.1 Å². The highest BCUT2D eigenvalue weighted by molar-refractivity contribution is 6.42. The van der Waals surface area contributed by atoms with Gasteiger partial charge in [0.2, 0.25) is 5.91 Å². The second-order valence-electron chi connectivity index (χ2n) is 11.4. The summed E-state index contributed by atoms with van der Waals surface area (Å²) in [7, 11) is 2.11. The molecule has 4 aliphatic rings. The number of halogens is 3. The fourth-order valence-electron chi connectivity index (χ4n) is 6.73. The van der Waals surface area contributed by atoms with Gasteiger partial charge in [-0.3, -0.25) is 4.79 Å². The summed E-state index contributed by atoms with van der Waals surface area (Å²) in [5.74, 6) is 0.881. The Kier molecular flexibility index (Phi) is 5.93. The number of hydrogen-bond acceptors (Lipinski definition) is 7. The molecule has 8 nitrogen and oxygen atoms in total. The molecule has 1 amide bonds. The van der Waals surface area contributed by atoms with E-state index in [1.807, 2.05) is 17.0 Å². The van der Waals surface area contributed by atoms with Gasteiger partial charge in [-0.05, 0) is 57.1 Å². The average molecular weight is 584 g/mol. The van der Waals surface area contributed by atoms with E-state index in [2.05, 4.69) is 33.8 Å². The predicted molar refractivity (Wildman–Crippen MR) is 151 cm³/mol. The van der Waals surface area contributed by atoms with Crippen molar-refractivity contribution in [3.63, 3.8) is 0 Å². The molecule has 1 aromatic heterocycles. The van der Waals surface area contributed by atoms with Crippen LogP contribution in [0.15, 0.2) is 43.2 Å². The molecule has 2 saturated heterocycles. The molecule has 40 heavy (non-hydrogen) atoms. The lowest BCUT2D eigenvalue weighted by atomic mass is 10.1. The number of piperidine rings is 2. The van der Waals surface area contributed by atoms with Crippen LogP contribution in [0.25, 0.3) is 10.9 Å². The number of fused-ring (bicyclic) bond motifs is 1. The van der Waals surface area contributed by atoms with Crippen molar-refractivity contribution in [1.29, 1.82) is 0 Å². The van der Waals surface area contributed by atoms with Gasteiger partial charge >= 0.3 is 0 Å². The van der Waals surface area contributed by atoms with Gasteiger partial charge in [0.25, 0.3) is 0 Å². The van der Waals surface area contributed by atoms with Gasteiger partial charge in [0.15, 0.2) is 17.3 Å². The number of carbonyl (C=O) groups is 1. The number of likely N-dealkylation sites (N-methyl/N-ethyl adjacent to an activating group) is 1. The second kappa shape index (κ2) is 9.19. The monoisotopic (exact) mass is 583 g/mol. The molecule has 2 saturated carbocycles. The van der Waals surface area contributed by atoms with Gasteiger partial charge in [0.1, 0.15) is 24.9 Å². The lowest BCUT2D eigenvalue weighted by Gasteiger charge is -2.29. The van der Waals surface area contributed by atoms with E-state index < -0.39 is 5.82 Å². The smallest absolute Gasteiger partial charge is 0.245 e. The first-order valence-electron chi connectivity index (χ1n) is 13.4. The zero-order valence-corrected chi connectivity index (χ0v) is 23.4. The molecule has 3 aromatic rings. The number of ether oxygens (including phenoxy) is 2. The van der Waals surface area contributed by atoms with Gasteiger partial charge in [0.05, 0.1) is 21.2 Å². The van der Waals surface area contributed by atoms with Crippen LogP contribution in [0.4, 0.5) is 15.9 Å². The zero-order chi connectivity index (χ0) is 27.8. The maximum absolute atomic E-state index is 14.8. The SMILES string of the molecule is C=CC(=O)N1C[C@@]23C[C@]2(C1)C3Oc1cc2c(Nc3ccc(Cl)c(Cl)c3F)ncnc2cc1OCC1CCCN1C. The van der Waals surface area contributed by atoms with Crippen LogP contribution in [-0.2, 0) is 4.79 Å². The molecule has 0 spiro atoms. The Morgan fingerprint density at radius 1 is 1.25 bits per heavy atom. The third kappa shape index (κ3) is 3.85. The summed E-state index contributed by atoms with van der Waals surface area (Å²) in [6.07, 6.45) is 6.05. The number of likely N-dealkylation sites (tertiary alicyclic amines) is 2. The van der Waals surface area contributed by atoms with Crippen LogP contribution in [0.2, 0.25) is 10.0 Å². The van der Waals surface area contributed by atoms with E-state index in [4.69, 9.17) is 32.7 Å². The van der Waals surface area contributed by atoms with Crippen LogP contribution in [0.3, 0.4) is 0 Å². The molecule has 1 N–H and O–H groups in total. The lowest BCUT2D eigenvalue weighted by molar-refractivity contribution is -0.127. The van der Waals surface area contributed by atoms with Gasteiger partial charge in [-0.1, -0.05) is 29.8 Å². The fraction of sp³-hybridized carbons (Fsp3) is 0.414.